The molecule has 0 spiro atoms. The van der Waals surface area contributed by atoms with Crippen molar-refractivity contribution < 1.29 is 9.53 Å². The number of hydrogen-bond donors (Lipinski definition) is 0. The van der Waals surface area contributed by atoms with Crippen molar-refractivity contribution in [2.45, 2.75) is 39.3 Å². The van der Waals surface area contributed by atoms with Crippen LogP contribution in [0.25, 0.3) is 0 Å². The minimum Gasteiger partial charge on any atom is -0.447 e. The first-order chi connectivity index (χ1) is 8.16. The molecular weight excluding hydrogens is 214 g/mol. The lowest BCUT2D eigenvalue weighted by molar-refractivity contribution is 0.0750. The molecule has 0 fully saturated rings. The van der Waals surface area contributed by atoms with E-state index in [1.807, 2.05) is 19.9 Å². The van der Waals surface area contributed by atoms with Gasteiger partial charge in [-0.05, 0) is 37.8 Å². The largest absolute Gasteiger partial charge is 0.447 e. The maximum absolute atomic E-state index is 11.9. The van der Waals surface area contributed by atoms with E-state index in [1.54, 1.807) is 4.90 Å². The molecule has 0 saturated heterocycles. The normalized spacial score (nSPS) is 15.4. The van der Waals surface area contributed by atoms with Crippen molar-refractivity contribution in [3.63, 3.8) is 0 Å². The van der Waals surface area contributed by atoms with E-state index in [1.165, 1.54) is 11.1 Å². The molecule has 1 aromatic rings. The van der Waals surface area contributed by atoms with Gasteiger partial charge >= 0.3 is 6.09 Å². The second kappa shape index (κ2) is 5.21. The fraction of sp³-hybridized carbons (Fsp3) is 0.500. The van der Waals surface area contributed by atoms with Gasteiger partial charge in [0.2, 0.25) is 0 Å². The molecule has 2 rings (SSSR count). The SMILES string of the molecule is CC(C)OC(=O)N1CCCc2ccccc2C1. The van der Waals surface area contributed by atoms with Gasteiger partial charge in [0.1, 0.15) is 0 Å². The number of hydrogen-bond acceptors (Lipinski definition) is 2. The molecule has 3 nitrogen and oxygen atoms in total. The number of aryl methyl sites for hydroxylation is 1. The van der Waals surface area contributed by atoms with Crippen LogP contribution in [-0.2, 0) is 17.7 Å². The smallest absolute Gasteiger partial charge is 0.410 e. The molecule has 0 aliphatic carbocycles. The van der Waals surface area contributed by atoms with E-state index in [0.717, 1.165) is 19.4 Å². The number of nitrogens with zero attached hydrogens (tertiary/aromatic N) is 1. The lowest BCUT2D eigenvalue weighted by Gasteiger charge is -2.21. The summed E-state index contributed by atoms with van der Waals surface area (Å²) in [7, 11) is 0. The van der Waals surface area contributed by atoms with Gasteiger partial charge in [0.05, 0.1) is 6.10 Å². The fourth-order valence-electron chi connectivity index (χ4n) is 2.13. The van der Waals surface area contributed by atoms with E-state index >= 15 is 0 Å². The Labute approximate surface area is 102 Å². The highest BCUT2D eigenvalue weighted by atomic mass is 16.6. The summed E-state index contributed by atoms with van der Waals surface area (Å²) < 4.78 is 5.25. The van der Waals surface area contributed by atoms with E-state index in [2.05, 4.69) is 18.2 Å². The molecule has 92 valence electrons. The Balaban J connectivity index is 2.10. The number of fused-ring (bicyclic) bond motifs is 1. The summed E-state index contributed by atoms with van der Waals surface area (Å²) >= 11 is 0. The van der Waals surface area contributed by atoms with Crippen LogP contribution in [-0.4, -0.2) is 23.6 Å². The van der Waals surface area contributed by atoms with Gasteiger partial charge in [0, 0.05) is 13.1 Å². The molecule has 0 saturated carbocycles. The summed E-state index contributed by atoms with van der Waals surface area (Å²) in [6, 6.07) is 8.32. The van der Waals surface area contributed by atoms with E-state index < -0.39 is 0 Å². The zero-order valence-electron chi connectivity index (χ0n) is 10.5. The van der Waals surface area contributed by atoms with Crippen LogP contribution in [0.2, 0.25) is 0 Å². The van der Waals surface area contributed by atoms with Crippen LogP contribution in [0.5, 0.6) is 0 Å². The number of carbonyl (C=O) groups is 1. The van der Waals surface area contributed by atoms with Gasteiger partial charge in [-0.3, -0.25) is 0 Å². The zero-order valence-corrected chi connectivity index (χ0v) is 10.5. The Morgan fingerprint density at radius 3 is 2.71 bits per heavy atom. The molecule has 0 unspecified atom stereocenters. The topological polar surface area (TPSA) is 29.5 Å². The third-order valence-electron chi connectivity index (χ3n) is 2.95. The molecule has 1 amide bonds. The molecular formula is C14H19NO2. The van der Waals surface area contributed by atoms with Crippen LogP contribution in [0.4, 0.5) is 4.79 Å². The van der Waals surface area contributed by atoms with E-state index in [0.29, 0.717) is 6.54 Å². The molecule has 3 heteroatoms. The Morgan fingerprint density at radius 1 is 1.29 bits per heavy atom. The van der Waals surface area contributed by atoms with E-state index in [9.17, 15) is 4.79 Å². The second-order valence-electron chi connectivity index (χ2n) is 4.73. The Morgan fingerprint density at radius 2 is 2.00 bits per heavy atom. The molecule has 1 aromatic carbocycles. The summed E-state index contributed by atoms with van der Waals surface area (Å²) in [5.41, 5.74) is 2.60. The van der Waals surface area contributed by atoms with Crippen LogP contribution >= 0.6 is 0 Å². The van der Waals surface area contributed by atoms with Gasteiger partial charge in [0.15, 0.2) is 0 Å². The first kappa shape index (κ1) is 12.0. The van der Waals surface area contributed by atoms with Gasteiger partial charge in [0.25, 0.3) is 0 Å². The first-order valence-electron chi connectivity index (χ1n) is 6.19. The molecule has 0 radical (unpaired) electrons. The van der Waals surface area contributed by atoms with Crippen LogP contribution in [0, 0.1) is 0 Å². The molecule has 17 heavy (non-hydrogen) atoms. The molecule has 1 aliphatic rings. The molecule has 0 N–H and O–H groups in total. The summed E-state index contributed by atoms with van der Waals surface area (Å²) in [6.45, 7) is 5.20. The highest BCUT2D eigenvalue weighted by Crippen LogP contribution is 2.19. The van der Waals surface area contributed by atoms with Crippen molar-refractivity contribution in [1.82, 2.24) is 4.90 Å². The Bertz CT molecular complexity index is 401. The summed E-state index contributed by atoms with van der Waals surface area (Å²) in [5, 5.41) is 0. The third kappa shape index (κ3) is 2.99. The van der Waals surface area contributed by atoms with Gasteiger partial charge in [-0.15, -0.1) is 0 Å². The van der Waals surface area contributed by atoms with Crippen LogP contribution in [0.15, 0.2) is 24.3 Å². The average molecular weight is 233 g/mol. The van der Waals surface area contributed by atoms with Crippen molar-refractivity contribution in [1.29, 1.82) is 0 Å². The van der Waals surface area contributed by atoms with Gasteiger partial charge < -0.3 is 9.64 Å². The van der Waals surface area contributed by atoms with Crippen molar-refractivity contribution in [3.8, 4) is 0 Å². The van der Waals surface area contributed by atoms with Crippen LogP contribution in [0.1, 0.15) is 31.4 Å². The predicted molar refractivity (Wildman–Crippen MR) is 66.8 cm³/mol. The highest BCUT2D eigenvalue weighted by molar-refractivity contribution is 5.68. The zero-order chi connectivity index (χ0) is 12.3. The Kier molecular flexibility index (Phi) is 3.67. The van der Waals surface area contributed by atoms with Gasteiger partial charge in [-0.25, -0.2) is 4.79 Å². The maximum atomic E-state index is 11.9. The average Bonchev–Trinajstić information content (AvgIpc) is 2.49. The third-order valence-corrected chi connectivity index (χ3v) is 2.95. The van der Waals surface area contributed by atoms with Crippen LogP contribution in [0.3, 0.4) is 0 Å². The summed E-state index contributed by atoms with van der Waals surface area (Å²) in [6.07, 6.45) is 1.80. The molecule has 0 bridgehead atoms. The lowest BCUT2D eigenvalue weighted by atomic mass is 10.0. The molecule has 0 aromatic heterocycles. The summed E-state index contributed by atoms with van der Waals surface area (Å²) in [4.78, 5) is 13.7. The number of benzene rings is 1. The number of rotatable bonds is 1. The second-order valence-corrected chi connectivity index (χ2v) is 4.73. The van der Waals surface area contributed by atoms with E-state index in [-0.39, 0.29) is 12.2 Å². The highest BCUT2D eigenvalue weighted by Gasteiger charge is 2.20. The Hall–Kier alpha value is -1.51. The van der Waals surface area contributed by atoms with Crippen LogP contribution < -0.4 is 0 Å². The summed E-state index contributed by atoms with van der Waals surface area (Å²) in [5.74, 6) is 0. The van der Waals surface area contributed by atoms with Crippen molar-refractivity contribution in [2.24, 2.45) is 0 Å². The van der Waals surface area contributed by atoms with E-state index in [4.69, 9.17) is 4.74 Å². The van der Waals surface area contributed by atoms with Crippen molar-refractivity contribution in [3.05, 3.63) is 35.4 Å². The number of carbonyl (C=O) groups excluding carboxylic acids is 1. The molecule has 1 heterocycles. The van der Waals surface area contributed by atoms with Gasteiger partial charge in [-0.2, -0.15) is 0 Å². The van der Waals surface area contributed by atoms with Crippen molar-refractivity contribution >= 4 is 6.09 Å². The molecule has 0 atom stereocenters. The van der Waals surface area contributed by atoms with Gasteiger partial charge in [-0.1, -0.05) is 24.3 Å². The first-order valence-corrected chi connectivity index (χ1v) is 6.19. The maximum Gasteiger partial charge on any atom is 0.410 e. The number of ether oxygens (including phenoxy) is 1. The number of amides is 1. The molecule has 1 aliphatic heterocycles. The monoisotopic (exact) mass is 233 g/mol. The predicted octanol–water partition coefficient (Wildman–Crippen LogP) is 2.98. The fourth-order valence-corrected chi connectivity index (χ4v) is 2.13. The minimum absolute atomic E-state index is 0.0546. The minimum atomic E-state index is -0.197. The van der Waals surface area contributed by atoms with Crippen molar-refractivity contribution in [2.75, 3.05) is 6.54 Å². The quantitative estimate of drug-likeness (QED) is 0.746. The lowest BCUT2D eigenvalue weighted by Crippen LogP contribution is -2.32. The standard InChI is InChI=1S/C14H19NO2/c1-11(2)17-14(16)15-9-5-8-12-6-3-4-7-13(12)10-15/h3-4,6-7,11H,5,8-10H2,1-2H3.